The van der Waals surface area contributed by atoms with Gasteiger partial charge in [0.2, 0.25) is 0 Å². The minimum Gasteiger partial charge on any atom is -0.467 e. The number of halogens is 1. The Kier molecular flexibility index (Phi) is 4.85. The number of imidazole rings is 1. The van der Waals surface area contributed by atoms with Gasteiger partial charge in [0.15, 0.2) is 5.82 Å². The Balaban J connectivity index is 1.77. The van der Waals surface area contributed by atoms with Crippen molar-refractivity contribution in [3.8, 4) is 28.8 Å². The second-order valence-corrected chi connectivity index (χ2v) is 7.52. The molecule has 0 bridgehead atoms. The molecule has 28 heavy (non-hydrogen) atoms. The van der Waals surface area contributed by atoms with Crippen molar-refractivity contribution in [2.75, 3.05) is 7.11 Å². The molecule has 1 saturated carbocycles. The molecule has 0 atom stereocenters. The van der Waals surface area contributed by atoms with Crippen LogP contribution in [0, 0.1) is 5.82 Å². The molecule has 2 aromatic heterocycles. The lowest BCUT2D eigenvalue weighted by Crippen LogP contribution is -2.31. The van der Waals surface area contributed by atoms with E-state index in [4.69, 9.17) is 9.72 Å². The van der Waals surface area contributed by atoms with Crippen LogP contribution >= 0.6 is 0 Å². The van der Waals surface area contributed by atoms with Crippen molar-refractivity contribution >= 4 is 0 Å². The van der Waals surface area contributed by atoms with Gasteiger partial charge < -0.3 is 14.4 Å². The van der Waals surface area contributed by atoms with Gasteiger partial charge in [0.1, 0.15) is 11.5 Å². The zero-order chi connectivity index (χ0) is 19.7. The molecule has 7 heteroatoms. The van der Waals surface area contributed by atoms with E-state index in [0.29, 0.717) is 11.5 Å². The van der Waals surface area contributed by atoms with Crippen LogP contribution in [-0.4, -0.2) is 37.3 Å². The number of ether oxygens (including phenoxy) is 1. The first-order valence-electron chi connectivity index (χ1n) is 9.40. The Morgan fingerprint density at radius 3 is 2.50 bits per heavy atom. The second kappa shape index (κ2) is 7.31. The predicted octanol–water partition coefficient (Wildman–Crippen LogP) is 4.02. The summed E-state index contributed by atoms with van der Waals surface area (Å²) in [6, 6.07) is 8.59. The summed E-state index contributed by atoms with van der Waals surface area (Å²) >= 11 is 0. The molecule has 3 aromatic rings. The van der Waals surface area contributed by atoms with Gasteiger partial charge in [-0.15, -0.1) is 0 Å². The van der Waals surface area contributed by atoms with Crippen molar-refractivity contribution in [1.29, 1.82) is 0 Å². The number of methoxy groups -OCH3 is 1. The van der Waals surface area contributed by atoms with Crippen molar-refractivity contribution in [3.05, 3.63) is 48.5 Å². The lowest BCUT2D eigenvalue weighted by atomic mass is 9.83. The van der Waals surface area contributed by atoms with Gasteiger partial charge >= 0.3 is 6.01 Å². The molecule has 1 aromatic carbocycles. The molecular formula is C21H23FN4O2. The molecule has 0 radical (unpaired) electrons. The minimum atomic E-state index is -0.616. The monoisotopic (exact) mass is 382 g/mol. The van der Waals surface area contributed by atoms with Crippen molar-refractivity contribution in [2.24, 2.45) is 0 Å². The maximum absolute atomic E-state index is 13.3. The quantitative estimate of drug-likeness (QED) is 0.738. The first kappa shape index (κ1) is 18.6. The van der Waals surface area contributed by atoms with Gasteiger partial charge in [-0.2, -0.15) is 4.98 Å². The smallest absolute Gasteiger partial charge is 0.316 e. The summed E-state index contributed by atoms with van der Waals surface area (Å²) in [5, 5.41) is 10.3. The van der Waals surface area contributed by atoms with E-state index < -0.39 is 5.60 Å². The number of aliphatic hydroxyl groups is 1. The highest BCUT2D eigenvalue weighted by molar-refractivity contribution is 5.63. The molecule has 2 heterocycles. The maximum Gasteiger partial charge on any atom is 0.316 e. The molecule has 6 nitrogen and oxygen atoms in total. The molecule has 1 fully saturated rings. The summed E-state index contributed by atoms with van der Waals surface area (Å²) in [7, 11) is 1.53. The highest BCUT2D eigenvalue weighted by atomic mass is 19.1. The van der Waals surface area contributed by atoms with Gasteiger partial charge in [-0.05, 0) is 62.9 Å². The third-order valence-corrected chi connectivity index (χ3v) is 5.34. The Morgan fingerprint density at radius 1 is 1.11 bits per heavy atom. The van der Waals surface area contributed by atoms with E-state index in [1.165, 1.54) is 19.2 Å². The van der Waals surface area contributed by atoms with Crippen molar-refractivity contribution in [1.82, 2.24) is 19.5 Å². The van der Waals surface area contributed by atoms with Gasteiger partial charge in [-0.3, -0.25) is 0 Å². The molecule has 146 valence electrons. The summed E-state index contributed by atoms with van der Waals surface area (Å²) < 4.78 is 20.6. The fourth-order valence-electron chi connectivity index (χ4n) is 3.69. The summed E-state index contributed by atoms with van der Waals surface area (Å²) in [6.45, 7) is 1.89. The lowest BCUT2D eigenvalue weighted by molar-refractivity contribution is 0.0101. The van der Waals surface area contributed by atoms with Crippen molar-refractivity contribution in [2.45, 2.75) is 44.2 Å². The maximum atomic E-state index is 13.3. The molecule has 1 aliphatic rings. The van der Waals surface area contributed by atoms with Crippen LogP contribution in [0.2, 0.25) is 0 Å². The normalized spacial score (nSPS) is 22.2. The fraction of sp³-hybridized carbons (Fsp3) is 0.381. The van der Waals surface area contributed by atoms with Crippen molar-refractivity contribution in [3.63, 3.8) is 0 Å². The van der Waals surface area contributed by atoms with Crippen LogP contribution in [0.4, 0.5) is 4.39 Å². The number of rotatable bonds is 4. The largest absolute Gasteiger partial charge is 0.467 e. The third-order valence-electron chi connectivity index (χ3n) is 5.34. The number of aromatic nitrogens is 4. The van der Waals surface area contributed by atoms with Crippen LogP contribution in [0.5, 0.6) is 6.01 Å². The topological polar surface area (TPSA) is 73.1 Å². The molecule has 1 aliphatic carbocycles. The van der Waals surface area contributed by atoms with Crippen LogP contribution in [0.3, 0.4) is 0 Å². The Bertz CT molecular complexity index is 959. The molecule has 0 aliphatic heterocycles. The van der Waals surface area contributed by atoms with Gasteiger partial charge in [-0.25, -0.2) is 14.4 Å². The van der Waals surface area contributed by atoms with Gasteiger partial charge in [0, 0.05) is 24.0 Å². The Morgan fingerprint density at radius 2 is 1.82 bits per heavy atom. The molecule has 0 spiro atoms. The first-order chi connectivity index (χ1) is 13.4. The highest BCUT2D eigenvalue weighted by Crippen LogP contribution is 2.38. The summed E-state index contributed by atoms with van der Waals surface area (Å²) in [5.74, 6) is 0.435. The van der Waals surface area contributed by atoms with Crippen molar-refractivity contribution < 1.29 is 14.2 Å². The van der Waals surface area contributed by atoms with E-state index >= 15 is 0 Å². The van der Waals surface area contributed by atoms with E-state index in [-0.39, 0.29) is 17.9 Å². The Labute approximate surface area is 163 Å². The number of nitrogens with zero attached hydrogens (tertiary/aromatic N) is 4. The SMILES string of the molecule is COc1nccc(-c2nc(-c3ccc(F)cc3)cn2[C@H]2CC[C@](C)(O)CC2)n1. The second-order valence-electron chi connectivity index (χ2n) is 7.52. The number of hydrogen-bond donors (Lipinski definition) is 1. The molecule has 1 N–H and O–H groups in total. The van der Waals surface area contributed by atoms with Crippen LogP contribution in [0.25, 0.3) is 22.8 Å². The van der Waals surface area contributed by atoms with E-state index in [0.717, 1.165) is 36.9 Å². The average Bonchev–Trinajstić information content (AvgIpc) is 3.14. The summed E-state index contributed by atoms with van der Waals surface area (Å²) in [5.41, 5.74) is 1.64. The fourth-order valence-corrected chi connectivity index (χ4v) is 3.69. The molecule has 4 rings (SSSR count). The summed E-state index contributed by atoms with van der Waals surface area (Å²) in [6.07, 6.45) is 6.79. The van der Waals surface area contributed by atoms with Crippen LogP contribution < -0.4 is 4.74 Å². The third kappa shape index (κ3) is 3.75. The predicted molar refractivity (Wildman–Crippen MR) is 103 cm³/mol. The molecule has 0 unspecified atom stereocenters. The van der Waals surface area contributed by atoms with E-state index in [2.05, 4.69) is 14.5 Å². The van der Waals surface area contributed by atoms with Gasteiger partial charge in [-0.1, -0.05) is 0 Å². The number of hydrogen-bond acceptors (Lipinski definition) is 5. The standard InChI is InChI=1S/C21H23FN4O2/c1-21(27)10-7-16(8-11-21)26-13-18(14-3-5-15(22)6-4-14)24-19(26)17-9-12-23-20(25-17)28-2/h3-6,9,12-13,16,27H,7-8,10-11H2,1-2H3/t16-,21-. The molecule has 0 saturated heterocycles. The van der Waals surface area contributed by atoms with Crippen LogP contribution in [0.1, 0.15) is 38.6 Å². The number of benzene rings is 1. The molecular weight excluding hydrogens is 359 g/mol. The first-order valence-corrected chi connectivity index (χ1v) is 9.40. The van der Waals surface area contributed by atoms with E-state index in [1.54, 1.807) is 24.4 Å². The van der Waals surface area contributed by atoms with E-state index in [1.807, 2.05) is 13.1 Å². The minimum absolute atomic E-state index is 0.206. The average molecular weight is 382 g/mol. The zero-order valence-electron chi connectivity index (χ0n) is 16.0. The van der Waals surface area contributed by atoms with E-state index in [9.17, 15) is 9.50 Å². The van der Waals surface area contributed by atoms with Crippen LogP contribution in [-0.2, 0) is 0 Å². The van der Waals surface area contributed by atoms with Gasteiger partial charge in [0.25, 0.3) is 0 Å². The Hall–Kier alpha value is -2.80. The lowest BCUT2D eigenvalue weighted by Gasteiger charge is -2.34. The van der Waals surface area contributed by atoms with Gasteiger partial charge in [0.05, 0.1) is 18.4 Å². The zero-order valence-corrected chi connectivity index (χ0v) is 16.0. The highest BCUT2D eigenvalue weighted by Gasteiger charge is 2.31. The molecule has 0 amide bonds. The van der Waals surface area contributed by atoms with Crippen LogP contribution in [0.15, 0.2) is 42.7 Å². The summed E-state index contributed by atoms with van der Waals surface area (Å²) in [4.78, 5) is 13.3.